The van der Waals surface area contributed by atoms with E-state index in [-0.39, 0.29) is 0 Å². The fraction of sp³-hybridized carbons (Fsp3) is 0.263. The molecule has 2 aromatic heterocycles. The number of pyridine rings is 1. The van der Waals surface area contributed by atoms with Crippen LogP contribution in [-0.4, -0.2) is 14.5 Å². The Kier molecular flexibility index (Phi) is 2.62. The summed E-state index contributed by atoms with van der Waals surface area (Å²) in [6, 6.07) is 13.2. The van der Waals surface area contributed by atoms with E-state index in [2.05, 4.69) is 44.9 Å². The van der Waals surface area contributed by atoms with Gasteiger partial charge in [0.15, 0.2) is 0 Å². The van der Waals surface area contributed by atoms with Gasteiger partial charge in [0.05, 0.1) is 24.3 Å². The predicted molar refractivity (Wildman–Crippen MR) is 90.0 cm³/mol. The van der Waals surface area contributed by atoms with Gasteiger partial charge in [0.2, 0.25) is 0 Å². The summed E-state index contributed by atoms with van der Waals surface area (Å²) in [5.74, 6) is 1.20. The Balaban J connectivity index is 1.57. The van der Waals surface area contributed by atoms with Crippen molar-refractivity contribution in [2.24, 2.45) is 5.92 Å². The van der Waals surface area contributed by atoms with Crippen LogP contribution in [0, 0.1) is 5.92 Å². The molecule has 0 amide bonds. The van der Waals surface area contributed by atoms with Crippen LogP contribution < -0.4 is 5.73 Å². The van der Waals surface area contributed by atoms with Gasteiger partial charge in [-0.15, -0.1) is 0 Å². The lowest BCUT2D eigenvalue weighted by Crippen LogP contribution is -2.25. The van der Waals surface area contributed by atoms with E-state index >= 15 is 0 Å². The fourth-order valence-electron chi connectivity index (χ4n) is 4.28. The maximum atomic E-state index is 5.83. The zero-order chi connectivity index (χ0) is 15.4. The molecule has 2 atom stereocenters. The van der Waals surface area contributed by atoms with Crippen molar-refractivity contribution in [2.45, 2.75) is 25.3 Å². The minimum absolute atomic E-state index is 0.384. The summed E-state index contributed by atoms with van der Waals surface area (Å²) < 4.78 is 2.35. The Hall–Kier alpha value is -2.62. The molecule has 4 nitrogen and oxygen atoms in total. The van der Waals surface area contributed by atoms with Crippen LogP contribution in [-0.2, 0) is 12.8 Å². The van der Waals surface area contributed by atoms with Crippen LogP contribution in [0.15, 0.2) is 48.9 Å². The molecule has 2 aliphatic rings. The Morgan fingerprint density at radius 2 is 2.04 bits per heavy atom. The lowest BCUT2D eigenvalue weighted by atomic mass is 9.79. The normalized spacial score (nSPS) is 21.6. The Bertz CT molecular complexity index is 896. The smallest absolute Gasteiger partial charge is 0.123 e. The second kappa shape index (κ2) is 4.69. The minimum atomic E-state index is 0.384. The summed E-state index contributed by atoms with van der Waals surface area (Å²) in [6.07, 6.45) is 7.17. The molecule has 0 bridgehead atoms. The van der Waals surface area contributed by atoms with Crippen LogP contribution in [0.2, 0.25) is 0 Å². The number of nitrogen functional groups attached to an aromatic ring is 1. The van der Waals surface area contributed by atoms with Gasteiger partial charge in [-0.3, -0.25) is 0 Å². The van der Waals surface area contributed by atoms with Gasteiger partial charge in [-0.05, 0) is 42.4 Å². The van der Waals surface area contributed by atoms with E-state index in [0.29, 0.717) is 17.8 Å². The molecule has 1 aromatic carbocycles. The fourth-order valence-corrected chi connectivity index (χ4v) is 4.28. The average Bonchev–Trinajstić information content (AvgIpc) is 3.15. The van der Waals surface area contributed by atoms with E-state index in [1.54, 1.807) is 0 Å². The molecule has 23 heavy (non-hydrogen) atoms. The maximum Gasteiger partial charge on any atom is 0.123 e. The van der Waals surface area contributed by atoms with Crippen LogP contribution in [0.1, 0.15) is 29.3 Å². The summed E-state index contributed by atoms with van der Waals surface area (Å²) in [6.45, 7) is 0. The molecule has 1 aliphatic heterocycles. The Labute approximate surface area is 135 Å². The number of hydrogen-bond donors (Lipinski definition) is 1. The van der Waals surface area contributed by atoms with E-state index < -0.39 is 0 Å². The number of anilines is 1. The van der Waals surface area contributed by atoms with Crippen LogP contribution in [0.5, 0.6) is 0 Å². The number of aromatic nitrogens is 3. The van der Waals surface area contributed by atoms with Crippen LogP contribution in [0.4, 0.5) is 5.82 Å². The number of benzene rings is 1. The Morgan fingerprint density at radius 3 is 3.00 bits per heavy atom. The number of fused-ring (bicyclic) bond motifs is 4. The molecule has 4 heteroatoms. The summed E-state index contributed by atoms with van der Waals surface area (Å²) in [4.78, 5) is 8.89. The van der Waals surface area contributed by atoms with Gasteiger partial charge in [-0.1, -0.05) is 30.3 Å². The molecule has 0 radical (unpaired) electrons. The molecule has 0 spiro atoms. The molecule has 0 fully saturated rings. The van der Waals surface area contributed by atoms with Crippen molar-refractivity contribution in [3.05, 3.63) is 65.7 Å². The van der Waals surface area contributed by atoms with Crippen molar-refractivity contribution in [2.75, 3.05) is 5.73 Å². The maximum absolute atomic E-state index is 5.83. The number of hydrogen-bond acceptors (Lipinski definition) is 3. The van der Waals surface area contributed by atoms with Gasteiger partial charge in [0, 0.05) is 11.3 Å². The number of imidazole rings is 1. The van der Waals surface area contributed by atoms with Gasteiger partial charge in [-0.25, -0.2) is 9.97 Å². The number of aryl methyl sites for hydroxylation is 1. The summed E-state index contributed by atoms with van der Waals surface area (Å²) >= 11 is 0. The summed E-state index contributed by atoms with van der Waals surface area (Å²) in [7, 11) is 0. The van der Waals surface area contributed by atoms with Gasteiger partial charge in [0.25, 0.3) is 0 Å². The molecule has 114 valence electrons. The zero-order valence-corrected chi connectivity index (χ0v) is 12.8. The van der Waals surface area contributed by atoms with Crippen molar-refractivity contribution < 1.29 is 0 Å². The second-order valence-corrected chi connectivity index (χ2v) is 6.56. The topological polar surface area (TPSA) is 56.7 Å². The molecule has 0 saturated carbocycles. The van der Waals surface area contributed by atoms with E-state index in [4.69, 9.17) is 5.73 Å². The molecule has 5 rings (SSSR count). The second-order valence-electron chi connectivity index (χ2n) is 6.56. The monoisotopic (exact) mass is 302 g/mol. The first kappa shape index (κ1) is 12.9. The first-order valence-electron chi connectivity index (χ1n) is 8.16. The van der Waals surface area contributed by atoms with Crippen molar-refractivity contribution in [1.82, 2.24) is 14.5 Å². The quantitative estimate of drug-likeness (QED) is 0.751. The van der Waals surface area contributed by atoms with Crippen molar-refractivity contribution >= 4 is 5.82 Å². The molecular formula is C19H18N4. The van der Waals surface area contributed by atoms with Crippen molar-refractivity contribution in [3.63, 3.8) is 0 Å². The molecule has 0 saturated heterocycles. The lowest BCUT2D eigenvalue weighted by molar-refractivity contribution is 0.345. The molecule has 3 heterocycles. The highest BCUT2D eigenvalue weighted by Gasteiger charge is 2.35. The van der Waals surface area contributed by atoms with Gasteiger partial charge < -0.3 is 10.3 Å². The van der Waals surface area contributed by atoms with Gasteiger partial charge >= 0.3 is 0 Å². The van der Waals surface area contributed by atoms with Gasteiger partial charge in [0.1, 0.15) is 5.82 Å². The molecule has 1 aliphatic carbocycles. The standard InChI is InChI=1S/C19H18N4/c20-18-8-6-12-9-13(5-7-16(12)22-18)19-15-4-2-1-3-14(15)17-10-21-11-23(17)19/h1-4,6,8,10-11,13,19H,5,7,9H2,(H2,20,22)/t13-,19-/m1/s1. The number of nitrogens with two attached hydrogens (primary N) is 1. The van der Waals surface area contributed by atoms with Crippen LogP contribution >= 0.6 is 0 Å². The first-order valence-corrected chi connectivity index (χ1v) is 8.16. The Morgan fingerprint density at radius 1 is 1.13 bits per heavy atom. The highest BCUT2D eigenvalue weighted by atomic mass is 15.1. The molecule has 0 unspecified atom stereocenters. The van der Waals surface area contributed by atoms with Crippen molar-refractivity contribution in [3.8, 4) is 11.3 Å². The lowest BCUT2D eigenvalue weighted by Gasteiger charge is -2.30. The SMILES string of the molecule is Nc1ccc2c(n1)CC[C@@H]([C@@H]1c3ccccc3-c3cncn31)C2. The average molecular weight is 302 g/mol. The van der Waals surface area contributed by atoms with Crippen LogP contribution in [0.3, 0.4) is 0 Å². The zero-order valence-electron chi connectivity index (χ0n) is 12.8. The molecular weight excluding hydrogens is 284 g/mol. The van der Waals surface area contributed by atoms with E-state index in [1.165, 1.54) is 28.1 Å². The molecule has 3 aromatic rings. The largest absolute Gasteiger partial charge is 0.384 e. The first-order chi connectivity index (χ1) is 11.3. The third kappa shape index (κ3) is 1.84. The highest BCUT2D eigenvalue weighted by Crippen LogP contribution is 2.46. The van der Waals surface area contributed by atoms with Crippen LogP contribution in [0.25, 0.3) is 11.3 Å². The summed E-state index contributed by atoms with van der Waals surface area (Å²) in [5.41, 5.74) is 12.4. The minimum Gasteiger partial charge on any atom is -0.384 e. The highest BCUT2D eigenvalue weighted by molar-refractivity contribution is 5.69. The van der Waals surface area contributed by atoms with E-state index in [1.807, 2.05) is 18.6 Å². The number of nitrogens with zero attached hydrogens (tertiary/aromatic N) is 3. The number of rotatable bonds is 1. The third-order valence-electron chi connectivity index (χ3n) is 5.29. The van der Waals surface area contributed by atoms with E-state index in [9.17, 15) is 0 Å². The third-order valence-corrected chi connectivity index (χ3v) is 5.29. The predicted octanol–water partition coefficient (Wildman–Crippen LogP) is 3.24. The van der Waals surface area contributed by atoms with E-state index in [0.717, 1.165) is 19.3 Å². The summed E-state index contributed by atoms with van der Waals surface area (Å²) in [5, 5.41) is 0. The molecule has 2 N–H and O–H groups in total. The van der Waals surface area contributed by atoms with Crippen molar-refractivity contribution in [1.29, 1.82) is 0 Å². The van der Waals surface area contributed by atoms with Gasteiger partial charge in [-0.2, -0.15) is 0 Å².